The molecule has 0 unspecified atom stereocenters. The van der Waals surface area contributed by atoms with Gasteiger partial charge in [0.25, 0.3) is 5.91 Å². The third-order valence-corrected chi connectivity index (χ3v) is 5.27. The molecule has 0 saturated heterocycles. The van der Waals surface area contributed by atoms with Gasteiger partial charge in [0.1, 0.15) is 11.3 Å². The van der Waals surface area contributed by atoms with Crippen LogP contribution in [0.5, 0.6) is 5.75 Å². The number of carbonyl (C=O) groups excluding carboxylic acids is 1. The first-order valence-corrected chi connectivity index (χ1v) is 10.7. The van der Waals surface area contributed by atoms with Crippen molar-refractivity contribution in [3.05, 3.63) is 76.3 Å². The number of carbonyl (C=O) groups is 1. The number of rotatable bonds is 5. The maximum Gasteiger partial charge on any atom is 0.264 e. The fourth-order valence-corrected chi connectivity index (χ4v) is 3.60. The predicted octanol–water partition coefficient (Wildman–Crippen LogP) is 6.00. The molecular weight excluding hydrogens is 469 g/mol. The summed E-state index contributed by atoms with van der Waals surface area (Å²) in [4.78, 5) is 16.7. The molecule has 6 nitrogen and oxygen atoms in total. The van der Waals surface area contributed by atoms with Gasteiger partial charge >= 0.3 is 0 Å². The minimum absolute atomic E-state index is 0.0862. The average Bonchev–Trinajstić information content (AvgIpc) is 3.19. The Morgan fingerprint density at radius 3 is 2.72 bits per heavy atom. The molecule has 4 rings (SSSR count). The molecule has 0 atom stereocenters. The van der Waals surface area contributed by atoms with Crippen LogP contribution in [-0.2, 0) is 4.79 Å². The number of aromatic nitrogens is 1. The Morgan fingerprint density at radius 2 is 1.94 bits per heavy atom. The smallest absolute Gasteiger partial charge is 0.264 e. The summed E-state index contributed by atoms with van der Waals surface area (Å²) in [6.45, 7) is 1.64. The number of hydrogen-bond acceptors (Lipinski definition) is 5. The number of halogens is 2. The molecule has 0 saturated carbocycles. The second-order valence-corrected chi connectivity index (χ2v) is 8.13. The Morgan fingerprint density at radius 1 is 1.12 bits per heavy atom. The zero-order chi connectivity index (χ0) is 22.7. The van der Waals surface area contributed by atoms with Crippen molar-refractivity contribution in [2.45, 2.75) is 6.92 Å². The number of thiocarbonyl (C=S) groups is 1. The Balaban J connectivity index is 1.40. The van der Waals surface area contributed by atoms with Crippen LogP contribution < -0.4 is 15.4 Å². The summed E-state index contributed by atoms with van der Waals surface area (Å²) in [5.41, 5.74) is 3.49. The van der Waals surface area contributed by atoms with E-state index in [1.165, 1.54) is 0 Å². The molecule has 0 aliphatic carbocycles. The van der Waals surface area contributed by atoms with Gasteiger partial charge in [-0.25, -0.2) is 4.98 Å². The fourth-order valence-electron chi connectivity index (χ4n) is 2.98. The second-order valence-electron chi connectivity index (χ2n) is 6.88. The highest BCUT2D eigenvalue weighted by Crippen LogP contribution is 2.30. The molecule has 162 valence electrons. The summed E-state index contributed by atoms with van der Waals surface area (Å²) in [6, 6.07) is 17.9. The monoisotopic (exact) mass is 485 g/mol. The molecule has 2 N–H and O–H groups in total. The summed E-state index contributed by atoms with van der Waals surface area (Å²) < 4.78 is 11.3. The zero-order valence-electron chi connectivity index (χ0n) is 16.8. The number of oxazole rings is 1. The molecule has 0 fully saturated rings. The lowest BCUT2D eigenvalue weighted by Gasteiger charge is -2.13. The second kappa shape index (κ2) is 9.56. The third-order valence-electron chi connectivity index (χ3n) is 4.50. The van der Waals surface area contributed by atoms with Crippen LogP contribution >= 0.6 is 35.4 Å². The van der Waals surface area contributed by atoms with Crippen molar-refractivity contribution in [2.75, 3.05) is 11.9 Å². The number of amides is 1. The van der Waals surface area contributed by atoms with Crippen molar-refractivity contribution in [3.63, 3.8) is 0 Å². The van der Waals surface area contributed by atoms with Gasteiger partial charge in [0, 0.05) is 10.6 Å². The quantitative estimate of drug-likeness (QED) is 0.337. The molecule has 4 aromatic rings. The molecule has 0 aliphatic rings. The topological polar surface area (TPSA) is 76.4 Å². The van der Waals surface area contributed by atoms with Gasteiger partial charge in [0.05, 0.1) is 10.7 Å². The van der Waals surface area contributed by atoms with E-state index in [1.54, 1.807) is 36.4 Å². The summed E-state index contributed by atoms with van der Waals surface area (Å²) in [5, 5.41) is 6.61. The molecule has 1 heterocycles. The van der Waals surface area contributed by atoms with Crippen LogP contribution in [0.3, 0.4) is 0 Å². The van der Waals surface area contributed by atoms with E-state index in [1.807, 2.05) is 31.2 Å². The van der Waals surface area contributed by atoms with Crippen molar-refractivity contribution in [2.24, 2.45) is 0 Å². The average molecular weight is 486 g/mol. The van der Waals surface area contributed by atoms with Crippen LogP contribution in [0, 0.1) is 6.92 Å². The number of fused-ring (bicyclic) bond motifs is 1. The lowest BCUT2D eigenvalue weighted by Crippen LogP contribution is -2.37. The molecule has 32 heavy (non-hydrogen) atoms. The Bertz CT molecular complexity index is 1290. The van der Waals surface area contributed by atoms with Crippen molar-refractivity contribution < 1.29 is 13.9 Å². The number of nitrogens with zero attached hydrogens (tertiary/aromatic N) is 1. The number of aryl methyl sites for hydroxylation is 1. The van der Waals surface area contributed by atoms with E-state index in [0.717, 1.165) is 11.1 Å². The molecule has 0 radical (unpaired) electrons. The van der Waals surface area contributed by atoms with Crippen LogP contribution in [-0.4, -0.2) is 22.6 Å². The first kappa shape index (κ1) is 22.1. The van der Waals surface area contributed by atoms with Gasteiger partial charge in [0.15, 0.2) is 17.3 Å². The van der Waals surface area contributed by atoms with E-state index in [4.69, 9.17) is 44.6 Å². The van der Waals surface area contributed by atoms with Gasteiger partial charge < -0.3 is 14.5 Å². The molecule has 1 amide bonds. The lowest BCUT2D eigenvalue weighted by atomic mass is 10.2. The maximum atomic E-state index is 12.2. The van der Waals surface area contributed by atoms with E-state index in [2.05, 4.69) is 15.6 Å². The zero-order valence-corrected chi connectivity index (χ0v) is 19.1. The molecular formula is C23H17Cl2N3O3S. The van der Waals surface area contributed by atoms with Gasteiger partial charge in [0.2, 0.25) is 5.89 Å². The Kier molecular flexibility index (Phi) is 6.60. The number of hydrogen-bond donors (Lipinski definition) is 2. The highest BCUT2D eigenvalue weighted by molar-refractivity contribution is 7.80. The molecule has 1 aromatic heterocycles. The highest BCUT2D eigenvalue weighted by Gasteiger charge is 2.13. The summed E-state index contributed by atoms with van der Waals surface area (Å²) in [7, 11) is 0. The molecule has 0 bridgehead atoms. The van der Waals surface area contributed by atoms with Crippen molar-refractivity contribution in [3.8, 4) is 17.2 Å². The standard InChI is InChI=1S/C23H17Cl2N3O3S/c1-13-10-15(24)7-9-19(13)30-12-21(29)28-23(32)27-18-11-14(6-8-16(18)25)22-26-17-4-2-3-5-20(17)31-22/h2-11H,12H2,1H3,(H2,27,28,29,32). The summed E-state index contributed by atoms with van der Waals surface area (Å²) in [6.07, 6.45) is 0. The Labute approximate surface area is 199 Å². The normalized spacial score (nSPS) is 10.7. The van der Waals surface area contributed by atoms with Gasteiger partial charge in [-0.2, -0.15) is 0 Å². The molecule has 0 spiro atoms. The van der Waals surface area contributed by atoms with Crippen LogP contribution in [0.2, 0.25) is 10.0 Å². The largest absolute Gasteiger partial charge is 0.483 e. The van der Waals surface area contributed by atoms with E-state index in [-0.39, 0.29) is 11.7 Å². The van der Waals surface area contributed by atoms with Crippen molar-refractivity contribution in [1.82, 2.24) is 10.3 Å². The van der Waals surface area contributed by atoms with Crippen LogP contribution in [0.4, 0.5) is 5.69 Å². The maximum absolute atomic E-state index is 12.2. The number of benzene rings is 3. The van der Waals surface area contributed by atoms with Crippen LogP contribution in [0.1, 0.15) is 5.56 Å². The lowest BCUT2D eigenvalue weighted by molar-refractivity contribution is -0.121. The molecule has 0 aliphatic heterocycles. The molecule has 3 aromatic carbocycles. The van der Waals surface area contributed by atoms with Crippen LogP contribution in [0.25, 0.3) is 22.6 Å². The minimum atomic E-state index is -0.414. The first-order chi connectivity index (χ1) is 15.4. The SMILES string of the molecule is Cc1cc(Cl)ccc1OCC(=O)NC(=S)Nc1cc(-c2nc3ccccc3o2)ccc1Cl. The number of para-hydroxylation sites is 2. The number of anilines is 1. The van der Waals surface area contributed by atoms with E-state index in [9.17, 15) is 4.79 Å². The molecule has 9 heteroatoms. The summed E-state index contributed by atoms with van der Waals surface area (Å²) >= 11 is 17.5. The van der Waals surface area contributed by atoms with Gasteiger partial charge in [-0.05, 0) is 73.2 Å². The summed E-state index contributed by atoms with van der Waals surface area (Å²) in [5.74, 6) is 0.605. The predicted molar refractivity (Wildman–Crippen MR) is 131 cm³/mol. The van der Waals surface area contributed by atoms with Crippen LogP contribution in [0.15, 0.2) is 65.1 Å². The Hall–Kier alpha value is -3.13. The fraction of sp³-hybridized carbons (Fsp3) is 0.0870. The number of ether oxygens (including phenoxy) is 1. The number of nitrogens with one attached hydrogen (secondary N) is 2. The van der Waals surface area contributed by atoms with Gasteiger partial charge in [-0.1, -0.05) is 35.3 Å². The van der Waals surface area contributed by atoms with E-state index in [0.29, 0.717) is 38.5 Å². The third kappa shape index (κ3) is 5.19. The van der Waals surface area contributed by atoms with E-state index >= 15 is 0 Å². The van der Waals surface area contributed by atoms with Gasteiger partial charge in [-0.3, -0.25) is 10.1 Å². The van der Waals surface area contributed by atoms with Crippen molar-refractivity contribution >= 4 is 63.2 Å². The van der Waals surface area contributed by atoms with Gasteiger partial charge in [-0.15, -0.1) is 0 Å². The van der Waals surface area contributed by atoms with Crippen molar-refractivity contribution in [1.29, 1.82) is 0 Å². The highest BCUT2D eigenvalue weighted by atomic mass is 35.5. The van der Waals surface area contributed by atoms with E-state index < -0.39 is 5.91 Å². The first-order valence-electron chi connectivity index (χ1n) is 9.54. The minimum Gasteiger partial charge on any atom is -0.483 e.